The Morgan fingerprint density at radius 2 is 2.00 bits per heavy atom. The van der Waals surface area contributed by atoms with Gasteiger partial charge in [0.2, 0.25) is 5.91 Å². The summed E-state index contributed by atoms with van der Waals surface area (Å²) < 4.78 is 0. The molecule has 2 fully saturated rings. The van der Waals surface area contributed by atoms with E-state index in [1.807, 2.05) is 4.90 Å². The second-order valence-corrected chi connectivity index (χ2v) is 6.67. The van der Waals surface area contributed by atoms with Crippen LogP contribution in [0, 0.1) is 17.3 Å². The molecule has 98 valence electrons. The summed E-state index contributed by atoms with van der Waals surface area (Å²) >= 11 is 0. The lowest BCUT2D eigenvalue weighted by molar-refractivity contribution is -0.140. The van der Waals surface area contributed by atoms with E-state index >= 15 is 0 Å². The van der Waals surface area contributed by atoms with E-state index in [1.165, 1.54) is 19.3 Å². The van der Waals surface area contributed by atoms with Crippen LogP contribution in [-0.4, -0.2) is 29.9 Å². The fourth-order valence-corrected chi connectivity index (χ4v) is 3.34. The van der Waals surface area contributed by atoms with Gasteiger partial charge in [-0.25, -0.2) is 0 Å². The molecule has 1 aliphatic heterocycles. The van der Waals surface area contributed by atoms with Gasteiger partial charge in [-0.3, -0.25) is 4.79 Å². The standard InChI is InChI=1S/C14H26N2O/c1-10-8-16(9-12(10)15)13(17)11-6-4-5-7-14(11,2)3/h10-12H,4-9,15H2,1-3H3. The van der Waals surface area contributed by atoms with Gasteiger partial charge in [0.05, 0.1) is 0 Å². The van der Waals surface area contributed by atoms with Crippen molar-refractivity contribution < 1.29 is 4.79 Å². The minimum atomic E-state index is 0.172. The molecule has 0 aromatic heterocycles. The van der Waals surface area contributed by atoms with Gasteiger partial charge in [-0.05, 0) is 24.2 Å². The predicted octanol–water partition coefficient (Wildman–Crippen LogP) is 2.01. The topological polar surface area (TPSA) is 46.3 Å². The van der Waals surface area contributed by atoms with Crippen molar-refractivity contribution in [2.75, 3.05) is 13.1 Å². The van der Waals surface area contributed by atoms with Gasteiger partial charge in [0.15, 0.2) is 0 Å². The van der Waals surface area contributed by atoms with Crippen LogP contribution in [0.4, 0.5) is 0 Å². The Bertz CT molecular complexity index is 291. The van der Waals surface area contributed by atoms with Crippen LogP contribution in [0.2, 0.25) is 0 Å². The summed E-state index contributed by atoms with van der Waals surface area (Å²) in [5, 5.41) is 0. The maximum Gasteiger partial charge on any atom is 0.226 e. The number of likely N-dealkylation sites (tertiary alicyclic amines) is 1. The van der Waals surface area contributed by atoms with Crippen molar-refractivity contribution in [3.63, 3.8) is 0 Å². The Hall–Kier alpha value is -0.570. The lowest BCUT2D eigenvalue weighted by Gasteiger charge is -2.39. The molecule has 3 heteroatoms. The Morgan fingerprint density at radius 3 is 2.53 bits per heavy atom. The summed E-state index contributed by atoms with van der Waals surface area (Å²) in [7, 11) is 0. The molecule has 0 aromatic carbocycles. The fourth-order valence-electron chi connectivity index (χ4n) is 3.34. The molecule has 0 radical (unpaired) electrons. The van der Waals surface area contributed by atoms with Crippen LogP contribution < -0.4 is 5.73 Å². The van der Waals surface area contributed by atoms with E-state index < -0.39 is 0 Å². The quantitative estimate of drug-likeness (QED) is 0.759. The molecule has 1 saturated carbocycles. The van der Waals surface area contributed by atoms with Gasteiger partial charge in [-0.2, -0.15) is 0 Å². The van der Waals surface area contributed by atoms with Crippen LogP contribution in [0.3, 0.4) is 0 Å². The molecule has 0 spiro atoms. The molecule has 0 aromatic rings. The van der Waals surface area contributed by atoms with Crippen molar-refractivity contribution >= 4 is 5.91 Å². The highest BCUT2D eigenvalue weighted by atomic mass is 16.2. The minimum Gasteiger partial charge on any atom is -0.341 e. The number of carbonyl (C=O) groups is 1. The second kappa shape index (κ2) is 4.60. The molecule has 3 unspecified atom stereocenters. The number of nitrogens with zero attached hydrogens (tertiary/aromatic N) is 1. The summed E-state index contributed by atoms with van der Waals surface area (Å²) in [5.41, 5.74) is 6.18. The minimum absolute atomic E-state index is 0.172. The van der Waals surface area contributed by atoms with Crippen molar-refractivity contribution in [2.24, 2.45) is 23.0 Å². The zero-order valence-electron chi connectivity index (χ0n) is 11.4. The molecule has 1 amide bonds. The number of nitrogens with two attached hydrogens (primary N) is 1. The van der Waals surface area contributed by atoms with Crippen molar-refractivity contribution in [3.05, 3.63) is 0 Å². The van der Waals surface area contributed by atoms with E-state index in [1.54, 1.807) is 0 Å². The lowest BCUT2D eigenvalue weighted by atomic mass is 9.68. The molecule has 3 nitrogen and oxygen atoms in total. The van der Waals surface area contributed by atoms with Crippen LogP contribution in [-0.2, 0) is 4.79 Å². The van der Waals surface area contributed by atoms with Crippen molar-refractivity contribution in [1.82, 2.24) is 4.90 Å². The van der Waals surface area contributed by atoms with E-state index in [9.17, 15) is 4.79 Å². The van der Waals surface area contributed by atoms with Gasteiger partial charge in [-0.15, -0.1) is 0 Å². The first kappa shape index (κ1) is 12.9. The van der Waals surface area contributed by atoms with Crippen molar-refractivity contribution in [1.29, 1.82) is 0 Å². The molecule has 1 aliphatic carbocycles. The monoisotopic (exact) mass is 238 g/mol. The molecule has 3 atom stereocenters. The Labute approximate surface area is 105 Å². The highest BCUT2D eigenvalue weighted by Gasteiger charge is 2.41. The van der Waals surface area contributed by atoms with Gasteiger partial charge in [0.1, 0.15) is 0 Å². The third-order valence-electron chi connectivity index (χ3n) is 4.79. The summed E-state index contributed by atoms with van der Waals surface area (Å²) in [6, 6.07) is 0.172. The van der Waals surface area contributed by atoms with Crippen LogP contribution in [0.1, 0.15) is 46.5 Å². The maximum absolute atomic E-state index is 12.6. The van der Waals surface area contributed by atoms with E-state index in [0.29, 0.717) is 11.8 Å². The first-order valence-electron chi connectivity index (χ1n) is 6.96. The summed E-state index contributed by atoms with van der Waals surface area (Å²) in [4.78, 5) is 14.6. The summed E-state index contributed by atoms with van der Waals surface area (Å²) in [5.74, 6) is 1.02. The van der Waals surface area contributed by atoms with Crippen LogP contribution in [0.25, 0.3) is 0 Å². The third kappa shape index (κ3) is 2.49. The Balaban J connectivity index is 2.04. The van der Waals surface area contributed by atoms with E-state index in [-0.39, 0.29) is 17.4 Å². The molecule has 17 heavy (non-hydrogen) atoms. The molecule has 0 bridgehead atoms. The van der Waals surface area contributed by atoms with Gasteiger partial charge in [-0.1, -0.05) is 33.6 Å². The number of hydrogen-bond donors (Lipinski definition) is 1. The Morgan fingerprint density at radius 1 is 1.29 bits per heavy atom. The zero-order valence-corrected chi connectivity index (χ0v) is 11.4. The first-order chi connectivity index (χ1) is 7.92. The number of amides is 1. The maximum atomic E-state index is 12.6. The average Bonchev–Trinajstić information content (AvgIpc) is 2.58. The highest BCUT2D eigenvalue weighted by molar-refractivity contribution is 5.80. The SMILES string of the molecule is CC1CN(C(=O)C2CCCCC2(C)C)CC1N. The van der Waals surface area contributed by atoms with E-state index in [0.717, 1.165) is 19.5 Å². The molecular weight excluding hydrogens is 212 g/mol. The normalized spacial score (nSPS) is 37.2. The van der Waals surface area contributed by atoms with Gasteiger partial charge in [0.25, 0.3) is 0 Å². The second-order valence-electron chi connectivity index (χ2n) is 6.67. The number of carbonyl (C=O) groups excluding carboxylic acids is 1. The van der Waals surface area contributed by atoms with Crippen molar-refractivity contribution in [3.8, 4) is 0 Å². The first-order valence-corrected chi connectivity index (χ1v) is 6.96. The molecule has 1 heterocycles. The zero-order chi connectivity index (χ0) is 12.6. The molecule has 2 N–H and O–H groups in total. The van der Waals surface area contributed by atoms with Gasteiger partial charge >= 0.3 is 0 Å². The Kier molecular flexibility index (Phi) is 3.48. The molecular formula is C14H26N2O. The molecule has 2 aliphatic rings. The van der Waals surface area contributed by atoms with Crippen LogP contribution in [0.5, 0.6) is 0 Å². The van der Waals surface area contributed by atoms with E-state index in [4.69, 9.17) is 5.73 Å². The number of rotatable bonds is 1. The third-order valence-corrected chi connectivity index (χ3v) is 4.79. The van der Waals surface area contributed by atoms with Crippen LogP contribution >= 0.6 is 0 Å². The molecule has 1 saturated heterocycles. The highest BCUT2D eigenvalue weighted by Crippen LogP contribution is 2.41. The van der Waals surface area contributed by atoms with E-state index in [2.05, 4.69) is 20.8 Å². The van der Waals surface area contributed by atoms with Gasteiger partial charge in [0, 0.05) is 25.0 Å². The average molecular weight is 238 g/mol. The predicted molar refractivity (Wildman–Crippen MR) is 69.5 cm³/mol. The van der Waals surface area contributed by atoms with Crippen LogP contribution in [0.15, 0.2) is 0 Å². The smallest absolute Gasteiger partial charge is 0.226 e. The number of hydrogen-bond acceptors (Lipinski definition) is 2. The lowest BCUT2D eigenvalue weighted by Crippen LogP contribution is -2.43. The summed E-state index contributed by atoms with van der Waals surface area (Å²) in [6.07, 6.45) is 4.72. The fraction of sp³-hybridized carbons (Fsp3) is 0.929. The largest absolute Gasteiger partial charge is 0.341 e. The van der Waals surface area contributed by atoms with Crippen molar-refractivity contribution in [2.45, 2.75) is 52.5 Å². The molecule has 2 rings (SSSR count). The summed E-state index contributed by atoms with van der Waals surface area (Å²) in [6.45, 7) is 8.24. The van der Waals surface area contributed by atoms with Gasteiger partial charge < -0.3 is 10.6 Å².